The van der Waals surface area contributed by atoms with E-state index in [9.17, 15) is 9.59 Å². The molecule has 1 saturated heterocycles. The molecule has 0 N–H and O–H groups in total. The summed E-state index contributed by atoms with van der Waals surface area (Å²) < 4.78 is 0. The summed E-state index contributed by atoms with van der Waals surface area (Å²) in [6, 6.07) is 8.06. The Morgan fingerprint density at radius 2 is 1.86 bits per heavy atom. The lowest BCUT2D eigenvalue weighted by atomic mass is 9.72. The molecule has 3 atom stereocenters. The number of hydrogen-bond donors (Lipinski definition) is 0. The second kappa shape index (κ2) is 10.3. The number of benzene rings is 1. The average Bonchev–Trinajstić information content (AvgIpc) is 2.65. The number of carbonyl (C=O) groups is 2. The topological polar surface area (TPSA) is 37.4 Å². The van der Waals surface area contributed by atoms with Crippen LogP contribution >= 0.6 is 23.4 Å². The summed E-state index contributed by atoms with van der Waals surface area (Å²) in [5.41, 5.74) is 0.526. The Bertz CT molecular complexity index is 703. The molecule has 1 heterocycles. The van der Waals surface area contributed by atoms with Gasteiger partial charge in [0.2, 0.25) is 5.91 Å². The molecule has 5 heteroatoms. The van der Waals surface area contributed by atoms with Crippen LogP contribution in [0.25, 0.3) is 0 Å². The maximum Gasteiger partial charge on any atom is 0.229 e. The molecule has 0 radical (unpaired) electrons. The van der Waals surface area contributed by atoms with E-state index in [0.717, 1.165) is 24.2 Å². The lowest BCUT2D eigenvalue weighted by molar-refractivity contribution is -0.156. The van der Waals surface area contributed by atoms with E-state index in [4.69, 9.17) is 11.6 Å². The zero-order chi connectivity index (χ0) is 21.8. The van der Waals surface area contributed by atoms with Crippen molar-refractivity contribution in [1.29, 1.82) is 0 Å². The second-order valence-electron chi connectivity index (χ2n) is 9.14. The fraction of sp³-hybridized carbons (Fsp3) is 0.667. The SMILES string of the molecule is CCC(=O)CC1(C)CCC(c2ccc(Cl)cc2)N(C(CSC(C)C)C(C)C)C1=O. The first-order chi connectivity index (χ1) is 13.6. The number of piperidine rings is 1. The molecule has 29 heavy (non-hydrogen) atoms. The van der Waals surface area contributed by atoms with E-state index in [-0.39, 0.29) is 23.8 Å². The standard InChI is InChI=1S/C24H36ClNO2S/c1-7-20(27)14-24(6)13-12-21(18-8-10-19(25)11-9-18)26(23(24)28)22(16(2)3)15-29-17(4)5/h8-11,16-17,21-22H,7,12-15H2,1-6H3. The Morgan fingerprint density at radius 1 is 1.24 bits per heavy atom. The number of amides is 1. The van der Waals surface area contributed by atoms with Crippen molar-refractivity contribution in [1.82, 2.24) is 4.90 Å². The number of hydrogen-bond acceptors (Lipinski definition) is 3. The summed E-state index contributed by atoms with van der Waals surface area (Å²) in [7, 11) is 0. The fourth-order valence-corrected chi connectivity index (χ4v) is 5.41. The van der Waals surface area contributed by atoms with Crippen molar-refractivity contribution in [2.45, 2.75) is 84.6 Å². The number of nitrogens with zero attached hydrogens (tertiary/aromatic N) is 1. The van der Waals surface area contributed by atoms with Crippen LogP contribution in [0.15, 0.2) is 24.3 Å². The normalized spacial score (nSPS) is 23.7. The number of Topliss-reactive ketones (excluding diaryl/α,β-unsaturated/α-hetero) is 1. The van der Waals surface area contributed by atoms with Gasteiger partial charge in [-0.05, 0) is 41.7 Å². The summed E-state index contributed by atoms with van der Waals surface area (Å²) in [5, 5.41) is 1.22. The third-order valence-electron chi connectivity index (χ3n) is 6.02. The van der Waals surface area contributed by atoms with Crippen LogP contribution in [0.2, 0.25) is 5.02 Å². The van der Waals surface area contributed by atoms with Gasteiger partial charge in [-0.1, -0.05) is 65.3 Å². The number of halogens is 1. The third-order valence-corrected chi connectivity index (χ3v) is 7.47. The Balaban J connectivity index is 2.44. The smallest absolute Gasteiger partial charge is 0.229 e. The Labute approximate surface area is 186 Å². The van der Waals surface area contributed by atoms with Crippen molar-refractivity contribution in [3.63, 3.8) is 0 Å². The Kier molecular flexibility index (Phi) is 8.66. The van der Waals surface area contributed by atoms with Gasteiger partial charge in [0.25, 0.3) is 0 Å². The molecular weight excluding hydrogens is 402 g/mol. The zero-order valence-corrected chi connectivity index (χ0v) is 20.3. The Morgan fingerprint density at radius 3 is 2.38 bits per heavy atom. The fourth-order valence-electron chi connectivity index (χ4n) is 4.16. The number of carbonyl (C=O) groups excluding carboxylic acids is 2. The van der Waals surface area contributed by atoms with Gasteiger partial charge in [0, 0.05) is 29.7 Å². The highest BCUT2D eigenvalue weighted by molar-refractivity contribution is 7.99. The molecule has 0 spiro atoms. The first kappa shape index (κ1) is 24.3. The molecule has 1 aromatic carbocycles. The Hall–Kier alpha value is -1.00. The van der Waals surface area contributed by atoms with Gasteiger partial charge in [-0.25, -0.2) is 0 Å². The highest BCUT2D eigenvalue weighted by Gasteiger charge is 2.47. The van der Waals surface area contributed by atoms with Crippen LogP contribution in [-0.2, 0) is 9.59 Å². The lowest BCUT2D eigenvalue weighted by Crippen LogP contribution is -2.56. The molecule has 1 fully saturated rings. The largest absolute Gasteiger partial charge is 0.331 e. The number of ketones is 1. The van der Waals surface area contributed by atoms with E-state index < -0.39 is 5.41 Å². The summed E-state index contributed by atoms with van der Waals surface area (Å²) >= 11 is 8.01. The molecule has 2 rings (SSSR count). The van der Waals surface area contributed by atoms with E-state index >= 15 is 0 Å². The minimum Gasteiger partial charge on any atom is -0.331 e. The summed E-state index contributed by atoms with van der Waals surface area (Å²) in [4.78, 5) is 28.3. The van der Waals surface area contributed by atoms with Crippen molar-refractivity contribution in [2.75, 3.05) is 5.75 Å². The van der Waals surface area contributed by atoms with Crippen molar-refractivity contribution in [3.05, 3.63) is 34.9 Å². The van der Waals surface area contributed by atoms with Crippen molar-refractivity contribution < 1.29 is 9.59 Å². The van der Waals surface area contributed by atoms with Gasteiger partial charge in [0.05, 0.1) is 11.5 Å². The van der Waals surface area contributed by atoms with Gasteiger partial charge in [0.1, 0.15) is 5.78 Å². The quantitative estimate of drug-likeness (QED) is 0.439. The highest BCUT2D eigenvalue weighted by atomic mass is 35.5. The number of thioether (sulfide) groups is 1. The molecule has 0 aromatic heterocycles. The predicted octanol–water partition coefficient (Wildman–Crippen LogP) is 6.55. The molecule has 0 aliphatic carbocycles. The van der Waals surface area contributed by atoms with Crippen molar-refractivity contribution in [2.24, 2.45) is 11.3 Å². The number of likely N-dealkylation sites (tertiary alicyclic amines) is 1. The molecule has 3 nitrogen and oxygen atoms in total. The first-order valence-electron chi connectivity index (χ1n) is 10.8. The van der Waals surface area contributed by atoms with Gasteiger partial charge in [-0.3, -0.25) is 9.59 Å². The summed E-state index contributed by atoms with van der Waals surface area (Å²) in [6.07, 6.45) is 2.44. The molecule has 1 aliphatic heterocycles. The maximum absolute atomic E-state index is 13.9. The third kappa shape index (κ3) is 6.01. The molecule has 3 unspecified atom stereocenters. The van der Waals surface area contributed by atoms with E-state index in [1.54, 1.807) is 0 Å². The van der Waals surface area contributed by atoms with Crippen molar-refractivity contribution in [3.8, 4) is 0 Å². The van der Waals surface area contributed by atoms with Gasteiger partial charge in [-0.2, -0.15) is 11.8 Å². The van der Waals surface area contributed by atoms with Crippen LogP contribution in [0.5, 0.6) is 0 Å². The monoisotopic (exact) mass is 437 g/mol. The molecule has 0 bridgehead atoms. The van der Waals surface area contributed by atoms with E-state index in [1.807, 2.05) is 49.9 Å². The minimum absolute atomic E-state index is 0.0322. The molecule has 1 aliphatic rings. The van der Waals surface area contributed by atoms with E-state index in [1.165, 1.54) is 0 Å². The molecule has 0 saturated carbocycles. The van der Waals surface area contributed by atoms with Gasteiger partial charge in [-0.15, -0.1) is 0 Å². The molecule has 162 valence electrons. The van der Waals surface area contributed by atoms with Gasteiger partial charge < -0.3 is 4.90 Å². The predicted molar refractivity (Wildman–Crippen MR) is 125 cm³/mol. The second-order valence-corrected chi connectivity index (χ2v) is 11.2. The molecule has 1 aromatic rings. The van der Waals surface area contributed by atoms with Gasteiger partial charge >= 0.3 is 0 Å². The van der Waals surface area contributed by atoms with E-state index in [0.29, 0.717) is 29.0 Å². The van der Waals surface area contributed by atoms with Gasteiger partial charge in [0.15, 0.2) is 0 Å². The molecular formula is C24H36ClNO2S. The summed E-state index contributed by atoms with van der Waals surface area (Å²) in [6.45, 7) is 12.6. The zero-order valence-electron chi connectivity index (χ0n) is 18.7. The van der Waals surface area contributed by atoms with Crippen LogP contribution in [0.1, 0.15) is 78.8 Å². The van der Waals surface area contributed by atoms with Crippen LogP contribution in [0.3, 0.4) is 0 Å². The first-order valence-corrected chi connectivity index (χ1v) is 12.2. The van der Waals surface area contributed by atoms with Crippen LogP contribution in [0.4, 0.5) is 0 Å². The highest BCUT2D eigenvalue weighted by Crippen LogP contribution is 2.45. The number of rotatable bonds is 9. The van der Waals surface area contributed by atoms with Crippen molar-refractivity contribution >= 4 is 35.1 Å². The average molecular weight is 438 g/mol. The minimum atomic E-state index is -0.605. The van der Waals surface area contributed by atoms with Crippen LogP contribution in [0, 0.1) is 11.3 Å². The summed E-state index contributed by atoms with van der Waals surface area (Å²) in [5.74, 6) is 1.55. The van der Waals surface area contributed by atoms with Crippen LogP contribution < -0.4 is 0 Å². The molecule has 1 amide bonds. The van der Waals surface area contributed by atoms with E-state index in [2.05, 4.69) is 32.6 Å². The lowest BCUT2D eigenvalue weighted by Gasteiger charge is -2.49. The van der Waals surface area contributed by atoms with Crippen LogP contribution in [-0.4, -0.2) is 33.6 Å². The maximum atomic E-state index is 13.9.